The van der Waals surface area contributed by atoms with Gasteiger partial charge in [0.1, 0.15) is 6.10 Å². The van der Waals surface area contributed by atoms with E-state index in [1.807, 2.05) is 11.8 Å². The minimum atomic E-state index is -0.297. The van der Waals surface area contributed by atoms with E-state index in [4.69, 9.17) is 4.74 Å². The summed E-state index contributed by atoms with van der Waals surface area (Å²) in [6, 6.07) is 0. The minimum Gasteiger partial charge on any atom is -0.372 e. The lowest BCUT2D eigenvalue weighted by Crippen LogP contribution is -2.38. The molecule has 0 N–H and O–H groups in total. The minimum absolute atomic E-state index is 0.140. The molecule has 0 bridgehead atoms. The highest BCUT2D eigenvalue weighted by atomic mass is 16.5. The third-order valence-corrected chi connectivity index (χ3v) is 3.95. The Morgan fingerprint density at radius 3 is 2.47 bits per heavy atom. The van der Waals surface area contributed by atoms with Crippen molar-refractivity contribution in [3.8, 4) is 0 Å². The fourth-order valence-electron chi connectivity index (χ4n) is 2.31. The topological polar surface area (TPSA) is 29.5 Å². The van der Waals surface area contributed by atoms with Gasteiger partial charge < -0.3 is 9.64 Å². The Morgan fingerprint density at radius 2 is 2.07 bits per heavy atom. The van der Waals surface area contributed by atoms with Gasteiger partial charge in [0.2, 0.25) is 0 Å². The zero-order chi connectivity index (χ0) is 11.5. The SMILES string of the molecule is CCC1(CC)CCN(C(=O)C(C)OC)C1. The van der Waals surface area contributed by atoms with Gasteiger partial charge in [-0.1, -0.05) is 13.8 Å². The van der Waals surface area contributed by atoms with E-state index in [9.17, 15) is 4.79 Å². The summed E-state index contributed by atoms with van der Waals surface area (Å²) >= 11 is 0. The lowest BCUT2D eigenvalue weighted by atomic mass is 9.82. The largest absolute Gasteiger partial charge is 0.372 e. The molecule has 0 aliphatic carbocycles. The molecular formula is C12H23NO2. The lowest BCUT2D eigenvalue weighted by Gasteiger charge is -2.27. The molecule has 0 aromatic carbocycles. The van der Waals surface area contributed by atoms with Crippen LogP contribution >= 0.6 is 0 Å². The number of rotatable bonds is 4. The van der Waals surface area contributed by atoms with Crippen LogP contribution in [0.15, 0.2) is 0 Å². The Labute approximate surface area is 92.8 Å². The van der Waals surface area contributed by atoms with Crippen LogP contribution in [-0.4, -0.2) is 37.1 Å². The molecule has 0 radical (unpaired) electrons. The molecule has 1 heterocycles. The van der Waals surface area contributed by atoms with Crippen molar-refractivity contribution in [3.05, 3.63) is 0 Å². The van der Waals surface area contributed by atoms with Gasteiger partial charge in [0.15, 0.2) is 0 Å². The highest BCUT2D eigenvalue weighted by Crippen LogP contribution is 2.37. The first-order valence-corrected chi connectivity index (χ1v) is 5.90. The molecule has 1 amide bonds. The van der Waals surface area contributed by atoms with E-state index in [-0.39, 0.29) is 12.0 Å². The Hall–Kier alpha value is -0.570. The zero-order valence-corrected chi connectivity index (χ0v) is 10.4. The first-order valence-electron chi connectivity index (χ1n) is 5.90. The van der Waals surface area contributed by atoms with Crippen molar-refractivity contribution in [3.63, 3.8) is 0 Å². The van der Waals surface area contributed by atoms with Crippen LogP contribution in [0, 0.1) is 5.41 Å². The van der Waals surface area contributed by atoms with E-state index in [1.165, 1.54) is 0 Å². The summed E-state index contributed by atoms with van der Waals surface area (Å²) in [5.74, 6) is 0.140. The molecule has 1 fully saturated rings. The maximum atomic E-state index is 11.9. The summed E-state index contributed by atoms with van der Waals surface area (Å²) in [5.41, 5.74) is 0.364. The predicted octanol–water partition coefficient (Wildman–Crippen LogP) is 2.06. The number of ether oxygens (including phenoxy) is 1. The van der Waals surface area contributed by atoms with Crippen LogP contribution in [0.4, 0.5) is 0 Å². The fourth-order valence-corrected chi connectivity index (χ4v) is 2.31. The number of methoxy groups -OCH3 is 1. The normalized spacial score (nSPS) is 21.7. The quantitative estimate of drug-likeness (QED) is 0.715. The number of amides is 1. The first-order chi connectivity index (χ1) is 7.08. The highest BCUT2D eigenvalue weighted by molar-refractivity contribution is 5.80. The summed E-state index contributed by atoms with van der Waals surface area (Å²) < 4.78 is 5.07. The van der Waals surface area contributed by atoms with Gasteiger partial charge in [0.05, 0.1) is 0 Å². The zero-order valence-electron chi connectivity index (χ0n) is 10.4. The van der Waals surface area contributed by atoms with Crippen molar-refractivity contribution < 1.29 is 9.53 Å². The third-order valence-electron chi connectivity index (χ3n) is 3.95. The molecule has 1 atom stereocenters. The van der Waals surface area contributed by atoms with Crippen molar-refractivity contribution in [2.45, 2.75) is 46.1 Å². The van der Waals surface area contributed by atoms with Gasteiger partial charge in [0.25, 0.3) is 5.91 Å². The fraction of sp³-hybridized carbons (Fsp3) is 0.917. The average Bonchev–Trinajstić information content (AvgIpc) is 2.72. The maximum Gasteiger partial charge on any atom is 0.251 e. The van der Waals surface area contributed by atoms with Crippen LogP contribution in [0.1, 0.15) is 40.0 Å². The number of nitrogens with zero attached hydrogens (tertiary/aromatic N) is 1. The standard InChI is InChI=1S/C12H23NO2/c1-5-12(6-2)7-8-13(9-12)11(14)10(3)15-4/h10H,5-9H2,1-4H3. The predicted molar refractivity (Wildman–Crippen MR) is 60.7 cm³/mol. The lowest BCUT2D eigenvalue weighted by molar-refractivity contribution is -0.140. The number of carbonyl (C=O) groups excluding carboxylic acids is 1. The van der Waals surface area contributed by atoms with Gasteiger partial charge >= 0.3 is 0 Å². The van der Waals surface area contributed by atoms with Crippen LogP contribution in [0.25, 0.3) is 0 Å². The number of carbonyl (C=O) groups is 1. The van der Waals surface area contributed by atoms with E-state index in [2.05, 4.69) is 13.8 Å². The Morgan fingerprint density at radius 1 is 1.47 bits per heavy atom. The first kappa shape index (κ1) is 12.5. The summed E-state index contributed by atoms with van der Waals surface area (Å²) in [6.07, 6.45) is 3.17. The molecule has 1 aliphatic rings. The van der Waals surface area contributed by atoms with E-state index in [0.29, 0.717) is 5.41 Å². The second-order valence-electron chi connectivity index (χ2n) is 4.59. The Kier molecular flexibility index (Phi) is 4.14. The highest BCUT2D eigenvalue weighted by Gasteiger charge is 2.37. The molecule has 0 spiro atoms. The van der Waals surface area contributed by atoms with Gasteiger partial charge in [-0.25, -0.2) is 0 Å². The van der Waals surface area contributed by atoms with Gasteiger partial charge in [0, 0.05) is 20.2 Å². The smallest absolute Gasteiger partial charge is 0.251 e. The molecule has 0 saturated carbocycles. The molecule has 3 heteroatoms. The third kappa shape index (κ3) is 2.51. The van der Waals surface area contributed by atoms with Crippen LogP contribution in [0.3, 0.4) is 0 Å². The van der Waals surface area contributed by atoms with Crippen LogP contribution in [0.2, 0.25) is 0 Å². The average molecular weight is 213 g/mol. The van der Waals surface area contributed by atoms with Crippen molar-refractivity contribution in [2.24, 2.45) is 5.41 Å². The second-order valence-corrected chi connectivity index (χ2v) is 4.59. The van der Waals surface area contributed by atoms with Crippen LogP contribution < -0.4 is 0 Å². The van der Waals surface area contributed by atoms with E-state index < -0.39 is 0 Å². The van der Waals surface area contributed by atoms with Crippen molar-refractivity contribution in [1.29, 1.82) is 0 Å². The van der Waals surface area contributed by atoms with E-state index >= 15 is 0 Å². The maximum absolute atomic E-state index is 11.9. The number of hydrogen-bond donors (Lipinski definition) is 0. The van der Waals surface area contributed by atoms with Gasteiger partial charge in [-0.05, 0) is 31.6 Å². The summed E-state index contributed by atoms with van der Waals surface area (Å²) in [7, 11) is 1.59. The monoisotopic (exact) mass is 213 g/mol. The van der Waals surface area contributed by atoms with Gasteiger partial charge in [-0.3, -0.25) is 4.79 Å². The molecule has 15 heavy (non-hydrogen) atoms. The Balaban J connectivity index is 2.59. The van der Waals surface area contributed by atoms with E-state index in [1.54, 1.807) is 7.11 Å². The molecule has 1 saturated heterocycles. The molecule has 1 unspecified atom stereocenters. The van der Waals surface area contributed by atoms with Crippen molar-refractivity contribution >= 4 is 5.91 Å². The molecule has 1 aliphatic heterocycles. The van der Waals surface area contributed by atoms with E-state index in [0.717, 1.165) is 32.4 Å². The van der Waals surface area contributed by atoms with Crippen LogP contribution in [-0.2, 0) is 9.53 Å². The molecule has 0 aromatic rings. The summed E-state index contributed by atoms with van der Waals surface area (Å²) in [4.78, 5) is 13.9. The molecule has 1 rings (SSSR count). The summed E-state index contributed by atoms with van der Waals surface area (Å²) in [6.45, 7) is 8.06. The van der Waals surface area contributed by atoms with Crippen molar-refractivity contribution in [2.75, 3.05) is 20.2 Å². The molecular weight excluding hydrogens is 190 g/mol. The van der Waals surface area contributed by atoms with Gasteiger partial charge in [-0.15, -0.1) is 0 Å². The van der Waals surface area contributed by atoms with Crippen molar-refractivity contribution in [1.82, 2.24) is 4.90 Å². The van der Waals surface area contributed by atoms with Crippen LogP contribution in [0.5, 0.6) is 0 Å². The molecule has 0 aromatic heterocycles. The summed E-state index contributed by atoms with van der Waals surface area (Å²) in [5, 5.41) is 0. The molecule has 3 nitrogen and oxygen atoms in total. The number of likely N-dealkylation sites (tertiary alicyclic amines) is 1. The molecule has 88 valence electrons. The van der Waals surface area contributed by atoms with Gasteiger partial charge in [-0.2, -0.15) is 0 Å². The number of hydrogen-bond acceptors (Lipinski definition) is 2. The second kappa shape index (κ2) is 4.97. The Bertz CT molecular complexity index is 224.